The molecular weight excluding hydrogens is 438 g/mol. The van der Waals surface area contributed by atoms with Crippen molar-refractivity contribution in [2.24, 2.45) is 0 Å². The molecule has 0 aliphatic carbocycles. The number of anilines is 1. The summed E-state index contributed by atoms with van der Waals surface area (Å²) in [5.74, 6) is -0.0204. The standard InChI is InChI=1S/C25H27N3O4S/c1-4-31-14-8-13-28-24(30)23-22(18-10-5-6-12-20(18)32-23)27-25(28)33-15-21(29)26-19-11-7-9-16(2)17(19)3/h5-7,9-12H,4,8,13-15H2,1-3H3,(H,26,29). The third kappa shape index (κ3) is 4.96. The summed E-state index contributed by atoms with van der Waals surface area (Å²) in [7, 11) is 0. The Morgan fingerprint density at radius 3 is 2.82 bits per heavy atom. The average Bonchev–Trinajstić information content (AvgIpc) is 3.19. The summed E-state index contributed by atoms with van der Waals surface area (Å²) in [5.41, 5.74) is 4.07. The molecule has 2 heterocycles. The number of para-hydroxylation sites is 1. The number of aryl methyl sites for hydroxylation is 1. The summed E-state index contributed by atoms with van der Waals surface area (Å²) in [6.07, 6.45) is 0.656. The Kier molecular flexibility index (Phi) is 7.15. The first kappa shape index (κ1) is 23.1. The maximum atomic E-state index is 13.3. The maximum absolute atomic E-state index is 13.3. The van der Waals surface area contributed by atoms with Gasteiger partial charge in [-0.1, -0.05) is 36.0 Å². The van der Waals surface area contributed by atoms with Gasteiger partial charge in [-0.25, -0.2) is 4.98 Å². The molecule has 0 saturated heterocycles. The van der Waals surface area contributed by atoms with E-state index in [4.69, 9.17) is 14.1 Å². The highest BCUT2D eigenvalue weighted by molar-refractivity contribution is 7.99. The number of thioether (sulfide) groups is 1. The first-order valence-corrected chi connectivity index (χ1v) is 12.0. The number of fused-ring (bicyclic) bond motifs is 3. The second-order valence-electron chi connectivity index (χ2n) is 7.76. The fourth-order valence-corrected chi connectivity index (χ4v) is 4.45. The van der Waals surface area contributed by atoms with Crippen LogP contribution in [0.5, 0.6) is 0 Å². The first-order chi connectivity index (χ1) is 16.0. The van der Waals surface area contributed by atoms with E-state index in [-0.39, 0.29) is 22.8 Å². The van der Waals surface area contributed by atoms with Gasteiger partial charge >= 0.3 is 0 Å². The number of ether oxygens (including phenoxy) is 1. The highest BCUT2D eigenvalue weighted by Gasteiger charge is 2.18. The van der Waals surface area contributed by atoms with E-state index in [0.717, 1.165) is 22.2 Å². The van der Waals surface area contributed by atoms with Crippen LogP contribution in [0.2, 0.25) is 0 Å². The summed E-state index contributed by atoms with van der Waals surface area (Å²) in [5, 5.41) is 4.24. The zero-order chi connectivity index (χ0) is 23.4. The zero-order valence-electron chi connectivity index (χ0n) is 19.0. The van der Waals surface area contributed by atoms with E-state index in [1.54, 1.807) is 4.57 Å². The predicted molar refractivity (Wildman–Crippen MR) is 132 cm³/mol. The topological polar surface area (TPSA) is 86.4 Å². The number of nitrogens with one attached hydrogen (secondary N) is 1. The van der Waals surface area contributed by atoms with Crippen LogP contribution in [0.25, 0.3) is 22.1 Å². The molecule has 0 aliphatic rings. The molecule has 33 heavy (non-hydrogen) atoms. The minimum atomic E-state index is -0.245. The average molecular weight is 466 g/mol. The molecule has 2 aromatic heterocycles. The van der Waals surface area contributed by atoms with Crippen molar-refractivity contribution in [1.82, 2.24) is 9.55 Å². The second kappa shape index (κ2) is 10.2. The van der Waals surface area contributed by atoms with Crippen LogP contribution in [-0.2, 0) is 16.1 Å². The summed E-state index contributed by atoms with van der Waals surface area (Å²) in [6.45, 7) is 7.51. The number of hydrogen-bond donors (Lipinski definition) is 1. The normalized spacial score (nSPS) is 11.4. The van der Waals surface area contributed by atoms with Gasteiger partial charge < -0.3 is 14.5 Å². The van der Waals surface area contributed by atoms with Crippen LogP contribution in [-0.4, -0.2) is 34.4 Å². The zero-order valence-corrected chi connectivity index (χ0v) is 19.8. The number of carbonyl (C=O) groups is 1. The summed E-state index contributed by atoms with van der Waals surface area (Å²) >= 11 is 1.25. The van der Waals surface area contributed by atoms with Gasteiger partial charge in [-0.05, 0) is 56.5 Å². The van der Waals surface area contributed by atoms with E-state index in [2.05, 4.69) is 5.32 Å². The minimum absolute atomic E-state index is 0.132. The van der Waals surface area contributed by atoms with Crippen molar-refractivity contribution in [3.8, 4) is 0 Å². The molecule has 0 radical (unpaired) electrons. The van der Waals surface area contributed by atoms with Crippen molar-refractivity contribution < 1.29 is 13.9 Å². The van der Waals surface area contributed by atoms with Gasteiger partial charge in [-0.15, -0.1) is 0 Å². The van der Waals surface area contributed by atoms with Gasteiger partial charge in [-0.3, -0.25) is 14.2 Å². The van der Waals surface area contributed by atoms with Crippen LogP contribution >= 0.6 is 11.8 Å². The Morgan fingerprint density at radius 1 is 1.18 bits per heavy atom. The van der Waals surface area contributed by atoms with Gasteiger partial charge in [-0.2, -0.15) is 0 Å². The molecule has 0 unspecified atom stereocenters. The number of aromatic nitrogens is 2. The van der Waals surface area contributed by atoms with Crippen molar-refractivity contribution in [3.63, 3.8) is 0 Å². The van der Waals surface area contributed by atoms with Crippen LogP contribution in [0.4, 0.5) is 5.69 Å². The third-order valence-corrected chi connectivity index (χ3v) is 6.51. The molecule has 8 heteroatoms. The molecule has 7 nitrogen and oxygen atoms in total. The van der Waals surface area contributed by atoms with Gasteiger partial charge in [0.1, 0.15) is 11.1 Å². The van der Waals surface area contributed by atoms with Gasteiger partial charge in [0.15, 0.2) is 5.16 Å². The van der Waals surface area contributed by atoms with Gasteiger partial charge in [0.2, 0.25) is 11.5 Å². The quantitative estimate of drug-likeness (QED) is 0.215. The Balaban J connectivity index is 1.62. The lowest BCUT2D eigenvalue weighted by Crippen LogP contribution is -2.24. The van der Waals surface area contributed by atoms with E-state index in [0.29, 0.717) is 42.4 Å². The SMILES string of the molecule is CCOCCCn1c(SCC(=O)Nc2cccc(C)c2C)nc2c(oc3ccccc32)c1=O. The van der Waals surface area contributed by atoms with Gasteiger partial charge in [0.05, 0.1) is 5.75 Å². The largest absolute Gasteiger partial charge is 0.448 e. The third-order valence-electron chi connectivity index (χ3n) is 5.53. The molecule has 4 aromatic rings. The number of benzene rings is 2. The van der Waals surface area contributed by atoms with E-state index in [1.807, 2.05) is 63.2 Å². The molecule has 0 saturated carbocycles. The fraction of sp³-hybridized carbons (Fsp3) is 0.320. The molecule has 1 amide bonds. The molecule has 1 N–H and O–H groups in total. The number of carbonyl (C=O) groups excluding carboxylic acids is 1. The molecular formula is C25H27N3O4S. The highest BCUT2D eigenvalue weighted by Crippen LogP contribution is 2.27. The summed E-state index contributed by atoms with van der Waals surface area (Å²) in [4.78, 5) is 30.7. The molecule has 0 bridgehead atoms. The maximum Gasteiger partial charge on any atom is 0.297 e. The van der Waals surface area contributed by atoms with Crippen molar-refractivity contribution in [3.05, 3.63) is 63.9 Å². The molecule has 0 aliphatic heterocycles. The minimum Gasteiger partial charge on any atom is -0.448 e. The van der Waals surface area contributed by atoms with E-state index in [9.17, 15) is 9.59 Å². The number of nitrogens with zero attached hydrogens (tertiary/aromatic N) is 2. The molecule has 0 spiro atoms. The number of furan rings is 1. The number of hydrogen-bond acceptors (Lipinski definition) is 6. The summed E-state index contributed by atoms with van der Waals surface area (Å²) < 4.78 is 12.8. The van der Waals surface area contributed by atoms with E-state index >= 15 is 0 Å². The Morgan fingerprint density at radius 2 is 2.00 bits per heavy atom. The van der Waals surface area contributed by atoms with Crippen molar-refractivity contribution >= 4 is 45.4 Å². The van der Waals surface area contributed by atoms with E-state index < -0.39 is 0 Å². The molecule has 4 rings (SSSR count). The Labute approximate surface area is 196 Å². The van der Waals surface area contributed by atoms with Crippen LogP contribution < -0.4 is 10.9 Å². The van der Waals surface area contributed by atoms with Crippen molar-refractivity contribution in [2.45, 2.75) is 38.9 Å². The van der Waals surface area contributed by atoms with Gasteiger partial charge in [0.25, 0.3) is 5.56 Å². The van der Waals surface area contributed by atoms with Crippen LogP contribution in [0.15, 0.2) is 56.8 Å². The molecule has 0 atom stereocenters. The van der Waals surface area contributed by atoms with E-state index in [1.165, 1.54) is 11.8 Å². The van der Waals surface area contributed by atoms with Crippen LogP contribution in [0, 0.1) is 13.8 Å². The van der Waals surface area contributed by atoms with Crippen LogP contribution in [0.1, 0.15) is 24.5 Å². The highest BCUT2D eigenvalue weighted by atomic mass is 32.2. The second-order valence-corrected chi connectivity index (χ2v) is 8.70. The van der Waals surface area contributed by atoms with Crippen LogP contribution in [0.3, 0.4) is 0 Å². The van der Waals surface area contributed by atoms with Gasteiger partial charge in [0, 0.05) is 30.8 Å². The summed E-state index contributed by atoms with van der Waals surface area (Å²) in [6, 6.07) is 13.3. The predicted octanol–water partition coefficient (Wildman–Crippen LogP) is 4.92. The smallest absolute Gasteiger partial charge is 0.297 e. The number of amides is 1. The van der Waals surface area contributed by atoms with Crippen molar-refractivity contribution in [1.29, 1.82) is 0 Å². The molecule has 0 fully saturated rings. The first-order valence-electron chi connectivity index (χ1n) is 11.0. The lowest BCUT2D eigenvalue weighted by atomic mass is 10.1. The number of rotatable bonds is 9. The Bertz CT molecular complexity index is 1360. The fourth-order valence-electron chi connectivity index (χ4n) is 3.63. The monoisotopic (exact) mass is 465 g/mol. The lowest BCUT2D eigenvalue weighted by molar-refractivity contribution is -0.113. The Hall–Kier alpha value is -3.10. The lowest BCUT2D eigenvalue weighted by Gasteiger charge is -2.13. The molecule has 172 valence electrons. The molecule has 2 aromatic carbocycles. The van der Waals surface area contributed by atoms with Crippen molar-refractivity contribution in [2.75, 3.05) is 24.3 Å².